The average Bonchev–Trinajstić information content (AvgIpc) is 2.15. The van der Waals surface area contributed by atoms with Gasteiger partial charge < -0.3 is 9.84 Å². The summed E-state index contributed by atoms with van der Waals surface area (Å²) in [5.41, 5.74) is 1.04. The zero-order chi connectivity index (χ0) is 9.68. The predicted octanol–water partition coefficient (Wildman–Crippen LogP) is 1.90. The fourth-order valence-corrected chi connectivity index (χ4v) is 0.893. The maximum absolute atomic E-state index is 8.86. The van der Waals surface area contributed by atoms with Gasteiger partial charge in [-0.15, -0.1) is 0 Å². The first-order chi connectivity index (χ1) is 6.22. The molecule has 0 aliphatic rings. The molecule has 13 heavy (non-hydrogen) atoms. The van der Waals surface area contributed by atoms with Crippen LogP contribution in [0, 0.1) is 6.92 Å². The third-order valence-electron chi connectivity index (χ3n) is 1.56. The smallest absolute Gasteiger partial charge is 0.119 e. The van der Waals surface area contributed by atoms with E-state index in [0.29, 0.717) is 0 Å². The molecule has 1 aromatic rings. The normalized spacial score (nSPS) is 12.2. The van der Waals surface area contributed by atoms with Gasteiger partial charge in [-0.3, -0.25) is 0 Å². The Bertz CT molecular complexity index is 262. The molecule has 1 radical (unpaired) electrons. The van der Waals surface area contributed by atoms with Crippen molar-refractivity contribution < 1.29 is 9.84 Å². The summed E-state index contributed by atoms with van der Waals surface area (Å²) < 4.78 is 5.22. The third kappa shape index (κ3) is 3.30. The monoisotopic (exact) mass is 177 g/mol. The highest BCUT2D eigenvalue weighted by atomic mass is 16.5. The Balaban J connectivity index is 2.54. The van der Waals surface area contributed by atoms with Gasteiger partial charge in [-0.2, -0.15) is 0 Å². The van der Waals surface area contributed by atoms with Crippen molar-refractivity contribution in [2.75, 3.05) is 6.61 Å². The van der Waals surface area contributed by atoms with Crippen molar-refractivity contribution >= 4 is 6.08 Å². The van der Waals surface area contributed by atoms with Crippen LogP contribution in [-0.2, 0) is 0 Å². The van der Waals surface area contributed by atoms with Crippen molar-refractivity contribution in [3.8, 4) is 5.75 Å². The summed E-state index contributed by atoms with van der Waals surface area (Å²) in [6, 6.07) is 7.47. The van der Waals surface area contributed by atoms with Crippen LogP contribution in [0.1, 0.15) is 5.56 Å². The lowest BCUT2D eigenvalue weighted by Crippen LogP contribution is -2.12. The number of aliphatic hydroxyl groups is 1. The van der Waals surface area contributed by atoms with Crippen LogP contribution in [0.2, 0.25) is 0 Å². The zero-order valence-corrected chi connectivity index (χ0v) is 7.44. The van der Waals surface area contributed by atoms with Crippen LogP contribution < -0.4 is 4.74 Å². The van der Waals surface area contributed by atoms with Gasteiger partial charge in [-0.25, -0.2) is 0 Å². The number of benzene rings is 1. The largest absolute Gasteiger partial charge is 0.491 e. The lowest BCUT2D eigenvalue weighted by atomic mass is 10.2. The van der Waals surface area contributed by atoms with Crippen LogP contribution in [0.25, 0.3) is 6.08 Å². The van der Waals surface area contributed by atoms with Crippen LogP contribution in [0.4, 0.5) is 0 Å². The Morgan fingerprint density at radius 1 is 1.38 bits per heavy atom. The maximum Gasteiger partial charge on any atom is 0.119 e. The highest BCUT2D eigenvalue weighted by Gasteiger charge is 1.97. The summed E-state index contributed by atoms with van der Waals surface area (Å²) in [5, 5.41) is 8.86. The Kier molecular flexibility index (Phi) is 3.53. The molecular formula is C11H13O2. The third-order valence-corrected chi connectivity index (χ3v) is 1.56. The first kappa shape index (κ1) is 9.81. The fourth-order valence-electron chi connectivity index (χ4n) is 0.893. The number of ether oxygens (including phenoxy) is 1. The minimum Gasteiger partial charge on any atom is -0.491 e. The molecule has 1 unspecified atom stereocenters. The van der Waals surface area contributed by atoms with Gasteiger partial charge in [-0.1, -0.05) is 24.8 Å². The van der Waals surface area contributed by atoms with Crippen LogP contribution in [0.15, 0.2) is 30.8 Å². The lowest BCUT2D eigenvalue weighted by Gasteiger charge is -2.07. The molecule has 1 N–H and O–H groups in total. The molecule has 0 spiro atoms. The molecule has 0 fully saturated rings. The quantitative estimate of drug-likeness (QED) is 0.761. The molecular weight excluding hydrogens is 164 g/mol. The highest BCUT2D eigenvalue weighted by molar-refractivity contribution is 5.48. The number of hydrogen-bond acceptors (Lipinski definition) is 2. The molecule has 0 aromatic heterocycles. The molecule has 0 heterocycles. The second-order valence-electron chi connectivity index (χ2n) is 2.74. The SMILES string of the molecule is [CH2]C(O)COc1ccc(C=C)cc1. The van der Waals surface area contributed by atoms with Gasteiger partial charge in [0.1, 0.15) is 12.4 Å². The molecule has 0 saturated carbocycles. The topological polar surface area (TPSA) is 29.5 Å². The van der Waals surface area contributed by atoms with E-state index < -0.39 is 6.10 Å². The van der Waals surface area contributed by atoms with Crippen LogP contribution in [0.3, 0.4) is 0 Å². The summed E-state index contributed by atoms with van der Waals surface area (Å²) in [6.07, 6.45) is 1.08. The van der Waals surface area contributed by atoms with Gasteiger partial charge in [0.15, 0.2) is 0 Å². The van der Waals surface area contributed by atoms with E-state index in [1.54, 1.807) is 6.08 Å². The van der Waals surface area contributed by atoms with Crippen molar-refractivity contribution in [2.45, 2.75) is 6.10 Å². The summed E-state index contributed by atoms with van der Waals surface area (Å²) >= 11 is 0. The molecule has 2 heteroatoms. The Morgan fingerprint density at radius 2 is 2.00 bits per heavy atom. The fraction of sp³-hybridized carbons (Fsp3) is 0.182. The van der Waals surface area contributed by atoms with E-state index in [2.05, 4.69) is 13.5 Å². The van der Waals surface area contributed by atoms with E-state index in [0.717, 1.165) is 11.3 Å². The second-order valence-corrected chi connectivity index (χ2v) is 2.74. The Labute approximate surface area is 78.5 Å². The molecule has 0 saturated heterocycles. The molecule has 1 rings (SSSR count). The molecule has 0 amide bonds. The van der Waals surface area contributed by atoms with Gasteiger partial charge in [0.25, 0.3) is 0 Å². The summed E-state index contributed by atoms with van der Waals surface area (Å²) in [4.78, 5) is 0. The minimum absolute atomic E-state index is 0.216. The lowest BCUT2D eigenvalue weighted by molar-refractivity contribution is 0.142. The van der Waals surface area contributed by atoms with Crippen molar-refractivity contribution in [3.63, 3.8) is 0 Å². The van der Waals surface area contributed by atoms with Crippen molar-refractivity contribution in [1.29, 1.82) is 0 Å². The first-order valence-electron chi connectivity index (χ1n) is 4.09. The van der Waals surface area contributed by atoms with E-state index in [9.17, 15) is 0 Å². The van der Waals surface area contributed by atoms with Crippen LogP contribution >= 0.6 is 0 Å². The van der Waals surface area contributed by atoms with Gasteiger partial charge in [-0.05, 0) is 24.6 Å². The molecule has 0 bridgehead atoms. The van der Waals surface area contributed by atoms with E-state index in [1.807, 2.05) is 24.3 Å². The molecule has 0 aliphatic heterocycles. The summed E-state index contributed by atoms with van der Waals surface area (Å²) in [5.74, 6) is 0.730. The highest BCUT2D eigenvalue weighted by Crippen LogP contribution is 2.12. The van der Waals surface area contributed by atoms with Crippen molar-refractivity contribution in [3.05, 3.63) is 43.3 Å². The number of aliphatic hydroxyl groups excluding tert-OH is 1. The van der Waals surface area contributed by atoms with E-state index in [4.69, 9.17) is 9.84 Å². The Morgan fingerprint density at radius 3 is 2.46 bits per heavy atom. The first-order valence-corrected chi connectivity index (χ1v) is 4.09. The van der Waals surface area contributed by atoms with Crippen LogP contribution in [-0.4, -0.2) is 17.8 Å². The van der Waals surface area contributed by atoms with Crippen LogP contribution in [0.5, 0.6) is 5.75 Å². The summed E-state index contributed by atoms with van der Waals surface area (Å²) in [6.45, 7) is 7.26. The molecule has 1 aromatic carbocycles. The van der Waals surface area contributed by atoms with E-state index in [-0.39, 0.29) is 6.61 Å². The minimum atomic E-state index is -0.681. The molecule has 69 valence electrons. The van der Waals surface area contributed by atoms with Gasteiger partial charge in [0.2, 0.25) is 0 Å². The standard InChI is InChI=1S/C11H13O2/c1-3-10-4-6-11(7-5-10)13-8-9(2)12/h3-7,9,12H,1-2,8H2. The predicted molar refractivity (Wildman–Crippen MR) is 53.4 cm³/mol. The summed E-state index contributed by atoms with van der Waals surface area (Å²) in [7, 11) is 0. The molecule has 0 aliphatic carbocycles. The van der Waals surface area contributed by atoms with E-state index >= 15 is 0 Å². The maximum atomic E-state index is 8.86. The average molecular weight is 177 g/mol. The molecule has 2 nitrogen and oxygen atoms in total. The van der Waals surface area contributed by atoms with Gasteiger partial charge in [0, 0.05) is 0 Å². The van der Waals surface area contributed by atoms with Gasteiger partial charge in [0.05, 0.1) is 6.10 Å². The Hall–Kier alpha value is -1.28. The molecule has 1 atom stereocenters. The van der Waals surface area contributed by atoms with Crippen molar-refractivity contribution in [2.24, 2.45) is 0 Å². The second kappa shape index (κ2) is 4.67. The number of hydrogen-bond donors (Lipinski definition) is 1. The number of rotatable bonds is 4. The van der Waals surface area contributed by atoms with Crippen molar-refractivity contribution in [1.82, 2.24) is 0 Å². The van der Waals surface area contributed by atoms with E-state index in [1.165, 1.54) is 0 Å². The van der Waals surface area contributed by atoms with Gasteiger partial charge >= 0.3 is 0 Å². The zero-order valence-electron chi connectivity index (χ0n) is 7.44.